The number of rotatable bonds is 2. The molecule has 0 saturated heterocycles. The fourth-order valence-electron chi connectivity index (χ4n) is 3.37. The highest BCUT2D eigenvalue weighted by molar-refractivity contribution is 7.11. The molecule has 0 radical (unpaired) electrons. The number of H-pyrrole nitrogens is 1. The number of amides is 1. The first-order valence-corrected chi connectivity index (χ1v) is 8.90. The fraction of sp³-hybridized carbons (Fsp3) is 0.412. The zero-order chi connectivity index (χ0) is 16.8. The van der Waals surface area contributed by atoms with E-state index in [0.717, 1.165) is 41.0 Å². The third-order valence-electron chi connectivity index (χ3n) is 4.66. The van der Waals surface area contributed by atoms with E-state index >= 15 is 0 Å². The Bertz CT molecular complexity index is 928. The lowest BCUT2D eigenvalue weighted by Crippen LogP contribution is -2.32. The van der Waals surface area contributed by atoms with Crippen molar-refractivity contribution < 1.29 is 4.79 Å². The van der Waals surface area contributed by atoms with Crippen LogP contribution in [0.1, 0.15) is 50.5 Å². The zero-order valence-corrected chi connectivity index (χ0v) is 14.8. The van der Waals surface area contributed by atoms with Gasteiger partial charge in [0, 0.05) is 24.3 Å². The number of hydrogen-bond acceptors (Lipinski definition) is 5. The lowest BCUT2D eigenvalue weighted by molar-refractivity contribution is 0.0717. The van der Waals surface area contributed by atoms with Crippen molar-refractivity contribution in [1.29, 1.82) is 0 Å². The third-order valence-corrected chi connectivity index (χ3v) is 5.78. The van der Waals surface area contributed by atoms with Gasteiger partial charge in [0.15, 0.2) is 5.65 Å². The van der Waals surface area contributed by atoms with E-state index in [-0.39, 0.29) is 11.9 Å². The minimum absolute atomic E-state index is 0.00565. The van der Waals surface area contributed by atoms with Crippen molar-refractivity contribution in [1.82, 2.24) is 25.1 Å². The summed E-state index contributed by atoms with van der Waals surface area (Å²) in [6.45, 7) is 3.96. The van der Waals surface area contributed by atoms with Gasteiger partial charge >= 0.3 is 0 Å². The number of nitrogens with one attached hydrogen (secondary N) is 1. The molecule has 1 amide bonds. The predicted molar refractivity (Wildman–Crippen MR) is 93.2 cm³/mol. The van der Waals surface area contributed by atoms with Crippen LogP contribution < -0.4 is 0 Å². The summed E-state index contributed by atoms with van der Waals surface area (Å²) in [6.07, 6.45) is 4.68. The molecule has 1 N–H and O–H groups in total. The van der Waals surface area contributed by atoms with Crippen molar-refractivity contribution >= 4 is 28.3 Å². The van der Waals surface area contributed by atoms with E-state index in [2.05, 4.69) is 20.2 Å². The summed E-state index contributed by atoms with van der Waals surface area (Å²) < 4.78 is 0. The molecule has 7 heteroatoms. The van der Waals surface area contributed by atoms with E-state index in [1.165, 1.54) is 4.88 Å². The average Bonchev–Trinajstić information content (AvgIpc) is 3.15. The van der Waals surface area contributed by atoms with Crippen molar-refractivity contribution in [3.63, 3.8) is 0 Å². The number of nitrogens with zero attached hydrogens (tertiary/aromatic N) is 4. The standard InChI is InChI=1S/C17H19N5OS/c1-9-12-7-11(8-18-16(12)21-20-9)17(23)22(3)14-6-4-5-13-15(14)24-10(2)19-13/h7-8,14H,4-6H2,1-3H3,(H,18,20,21)/t14-/m1/s1. The molecule has 4 rings (SSSR count). The fourth-order valence-corrected chi connectivity index (χ4v) is 4.52. The molecule has 0 aromatic carbocycles. The molecule has 24 heavy (non-hydrogen) atoms. The van der Waals surface area contributed by atoms with E-state index in [9.17, 15) is 4.79 Å². The quantitative estimate of drug-likeness (QED) is 0.777. The number of aromatic amines is 1. The third kappa shape index (κ3) is 2.39. The van der Waals surface area contributed by atoms with Crippen molar-refractivity contribution in [3.8, 4) is 0 Å². The number of hydrogen-bond donors (Lipinski definition) is 1. The molecular formula is C17H19N5OS. The van der Waals surface area contributed by atoms with Gasteiger partial charge in [0.2, 0.25) is 0 Å². The topological polar surface area (TPSA) is 74.8 Å². The Morgan fingerprint density at radius 2 is 2.25 bits per heavy atom. The Morgan fingerprint density at radius 3 is 3.08 bits per heavy atom. The van der Waals surface area contributed by atoms with Gasteiger partial charge in [-0.25, -0.2) is 9.97 Å². The number of thiazole rings is 1. The SMILES string of the molecule is Cc1nc2c(s1)[C@H](N(C)C(=O)c1cnc3n[nH]c(C)c3c1)CCC2. The largest absolute Gasteiger partial charge is 0.334 e. The molecule has 0 fully saturated rings. The summed E-state index contributed by atoms with van der Waals surface area (Å²) in [4.78, 5) is 25.0. The van der Waals surface area contributed by atoms with Gasteiger partial charge < -0.3 is 4.90 Å². The van der Waals surface area contributed by atoms with Crippen LogP contribution in [0.4, 0.5) is 0 Å². The maximum Gasteiger partial charge on any atom is 0.255 e. The van der Waals surface area contributed by atoms with Gasteiger partial charge in [-0.15, -0.1) is 11.3 Å². The maximum absolute atomic E-state index is 13.0. The molecule has 0 spiro atoms. The maximum atomic E-state index is 13.0. The molecule has 0 aliphatic heterocycles. The van der Waals surface area contributed by atoms with Gasteiger partial charge in [-0.05, 0) is 39.2 Å². The Balaban J connectivity index is 1.67. The van der Waals surface area contributed by atoms with E-state index in [1.807, 2.05) is 31.9 Å². The molecule has 6 nitrogen and oxygen atoms in total. The highest BCUT2D eigenvalue weighted by atomic mass is 32.1. The Hall–Kier alpha value is -2.28. The zero-order valence-electron chi connectivity index (χ0n) is 14.0. The van der Waals surface area contributed by atoms with Crippen molar-refractivity contribution in [2.24, 2.45) is 0 Å². The van der Waals surface area contributed by atoms with Crippen LogP contribution in [0.3, 0.4) is 0 Å². The van der Waals surface area contributed by atoms with Crippen LogP contribution in [0, 0.1) is 13.8 Å². The monoisotopic (exact) mass is 341 g/mol. The second-order valence-electron chi connectivity index (χ2n) is 6.31. The number of carbonyl (C=O) groups excluding carboxylic acids is 1. The molecule has 3 aromatic heterocycles. The molecule has 1 atom stereocenters. The number of pyridine rings is 1. The average molecular weight is 341 g/mol. The molecule has 0 saturated carbocycles. The highest BCUT2D eigenvalue weighted by Crippen LogP contribution is 2.37. The van der Waals surface area contributed by atoms with Crippen LogP contribution in [0.25, 0.3) is 11.0 Å². The lowest BCUT2D eigenvalue weighted by Gasteiger charge is -2.30. The molecule has 0 bridgehead atoms. The highest BCUT2D eigenvalue weighted by Gasteiger charge is 2.30. The predicted octanol–water partition coefficient (Wildman–Crippen LogP) is 3.18. The van der Waals surface area contributed by atoms with Crippen molar-refractivity contribution in [3.05, 3.63) is 39.1 Å². The van der Waals surface area contributed by atoms with Crippen LogP contribution in [-0.2, 0) is 6.42 Å². The summed E-state index contributed by atoms with van der Waals surface area (Å²) >= 11 is 1.71. The Labute approximate surface area is 143 Å². The van der Waals surface area contributed by atoms with Crippen LogP contribution in [0.15, 0.2) is 12.3 Å². The molecule has 3 aromatic rings. The number of aromatic nitrogens is 4. The summed E-state index contributed by atoms with van der Waals surface area (Å²) in [5.74, 6) is -0.00565. The van der Waals surface area contributed by atoms with Crippen LogP contribution >= 0.6 is 11.3 Å². The van der Waals surface area contributed by atoms with Crippen molar-refractivity contribution in [2.45, 2.75) is 39.2 Å². The number of carbonyl (C=O) groups is 1. The lowest BCUT2D eigenvalue weighted by atomic mass is 9.96. The molecular weight excluding hydrogens is 322 g/mol. The van der Waals surface area contributed by atoms with Crippen LogP contribution in [-0.4, -0.2) is 38.0 Å². The van der Waals surface area contributed by atoms with E-state index in [1.54, 1.807) is 17.5 Å². The summed E-state index contributed by atoms with van der Waals surface area (Å²) in [7, 11) is 1.88. The summed E-state index contributed by atoms with van der Waals surface area (Å²) in [5, 5.41) is 8.99. The van der Waals surface area contributed by atoms with Crippen LogP contribution in [0.2, 0.25) is 0 Å². The van der Waals surface area contributed by atoms with Gasteiger partial charge in [-0.2, -0.15) is 5.10 Å². The van der Waals surface area contributed by atoms with Crippen LogP contribution in [0.5, 0.6) is 0 Å². The van der Waals surface area contributed by atoms with Gasteiger partial charge in [0.1, 0.15) is 0 Å². The molecule has 124 valence electrons. The minimum atomic E-state index is -0.00565. The van der Waals surface area contributed by atoms with Crippen molar-refractivity contribution in [2.75, 3.05) is 7.05 Å². The van der Waals surface area contributed by atoms with E-state index < -0.39 is 0 Å². The second kappa shape index (κ2) is 5.66. The molecule has 3 heterocycles. The second-order valence-corrected chi connectivity index (χ2v) is 7.55. The number of fused-ring (bicyclic) bond motifs is 2. The van der Waals surface area contributed by atoms with E-state index in [0.29, 0.717) is 11.2 Å². The summed E-state index contributed by atoms with van der Waals surface area (Å²) in [5.41, 5.74) is 3.33. The van der Waals surface area contributed by atoms with E-state index in [4.69, 9.17) is 0 Å². The minimum Gasteiger partial charge on any atom is -0.334 e. The van der Waals surface area contributed by atoms with Gasteiger partial charge in [-0.3, -0.25) is 9.89 Å². The van der Waals surface area contributed by atoms with Gasteiger partial charge in [0.05, 0.1) is 27.2 Å². The summed E-state index contributed by atoms with van der Waals surface area (Å²) in [6, 6.07) is 1.98. The van der Waals surface area contributed by atoms with Gasteiger partial charge in [-0.1, -0.05) is 0 Å². The number of aryl methyl sites for hydroxylation is 3. The Morgan fingerprint density at radius 1 is 1.42 bits per heavy atom. The molecule has 0 unspecified atom stereocenters. The normalized spacial score (nSPS) is 17.0. The molecule has 1 aliphatic carbocycles. The first-order chi connectivity index (χ1) is 11.5. The Kier molecular flexibility index (Phi) is 3.60. The van der Waals surface area contributed by atoms with Gasteiger partial charge in [0.25, 0.3) is 5.91 Å². The first-order valence-electron chi connectivity index (χ1n) is 8.08. The first kappa shape index (κ1) is 15.3. The molecule has 1 aliphatic rings. The smallest absolute Gasteiger partial charge is 0.255 e.